The van der Waals surface area contributed by atoms with E-state index in [1.807, 2.05) is 6.07 Å². The van der Waals surface area contributed by atoms with Crippen LogP contribution in [0.3, 0.4) is 0 Å². The van der Waals surface area contributed by atoms with E-state index in [2.05, 4.69) is 5.32 Å². The Bertz CT molecular complexity index is 828. The second kappa shape index (κ2) is 10.0. The number of rotatable bonds is 9. The van der Waals surface area contributed by atoms with E-state index in [0.29, 0.717) is 12.1 Å². The van der Waals surface area contributed by atoms with E-state index in [1.54, 1.807) is 45.0 Å². The molecule has 8 nitrogen and oxygen atoms in total. The molecule has 9 heteroatoms. The van der Waals surface area contributed by atoms with Gasteiger partial charge in [-0.05, 0) is 45.5 Å². The normalized spacial score (nSPS) is 10.8. The Morgan fingerprint density at radius 1 is 1.18 bits per heavy atom. The smallest absolute Gasteiger partial charge is 0.348 e. The molecule has 0 spiro atoms. The number of likely N-dealkylation sites (N-methyl/N-ethyl adjacent to an activating group) is 1. The fourth-order valence-corrected chi connectivity index (χ4v) is 3.68. The van der Waals surface area contributed by atoms with Gasteiger partial charge in [-0.15, -0.1) is 11.3 Å². The summed E-state index contributed by atoms with van der Waals surface area (Å²) in [7, 11) is 1.78. The summed E-state index contributed by atoms with van der Waals surface area (Å²) < 4.78 is 15.4. The summed E-state index contributed by atoms with van der Waals surface area (Å²) in [5, 5.41) is 2.99. The van der Waals surface area contributed by atoms with Crippen LogP contribution >= 0.6 is 11.3 Å². The van der Waals surface area contributed by atoms with Crippen molar-refractivity contribution in [3.63, 3.8) is 0 Å². The van der Waals surface area contributed by atoms with E-state index in [1.165, 1.54) is 0 Å². The SMILES string of the molecule is CCOC(=O)c1sc(NC(=O)CN(C)Cc2ccco2)c(C(=O)OCC)c1C. The summed E-state index contributed by atoms with van der Waals surface area (Å²) in [6.45, 7) is 5.95. The molecule has 0 saturated carbocycles. The van der Waals surface area contributed by atoms with Gasteiger partial charge in [0.15, 0.2) is 0 Å². The molecule has 0 fully saturated rings. The maximum absolute atomic E-state index is 12.5. The van der Waals surface area contributed by atoms with Crippen LogP contribution in [-0.2, 0) is 20.8 Å². The molecule has 2 aromatic rings. The molecule has 0 atom stereocenters. The molecule has 0 aliphatic carbocycles. The fourth-order valence-electron chi connectivity index (χ4n) is 2.58. The van der Waals surface area contributed by atoms with Gasteiger partial charge >= 0.3 is 11.9 Å². The van der Waals surface area contributed by atoms with Crippen molar-refractivity contribution in [1.29, 1.82) is 0 Å². The van der Waals surface area contributed by atoms with E-state index in [9.17, 15) is 14.4 Å². The number of thiophene rings is 1. The molecule has 1 N–H and O–H groups in total. The van der Waals surface area contributed by atoms with Crippen LogP contribution in [0.5, 0.6) is 0 Å². The first-order valence-electron chi connectivity index (χ1n) is 8.85. The van der Waals surface area contributed by atoms with Crippen LogP contribution in [-0.4, -0.2) is 49.6 Å². The molecule has 2 aromatic heterocycles. The minimum absolute atomic E-state index is 0.0780. The van der Waals surface area contributed by atoms with Crippen molar-refractivity contribution in [1.82, 2.24) is 4.90 Å². The van der Waals surface area contributed by atoms with E-state index in [4.69, 9.17) is 13.9 Å². The zero-order valence-electron chi connectivity index (χ0n) is 16.4. The molecule has 2 heterocycles. The van der Waals surface area contributed by atoms with Gasteiger partial charge in [0.1, 0.15) is 15.6 Å². The molecule has 0 saturated heterocycles. The highest BCUT2D eigenvalue weighted by molar-refractivity contribution is 7.18. The number of hydrogen-bond acceptors (Lipinski definition) is 8. The summed E-state index contributed by atoms with van der Waals surface area (Å²) in [6, 6.07) is 3.60. The second-order valence-electron chi connectivity index (χ2n) is 6.00. The van der Waals surface area contributed by atoms with Gasteiger partial charge in [-0.1, -0.05) is 0 Å². The van der Waals surface area contributed by atoms with Gasteiger partial charge in [0.2, 0.25) is 5.91 Å². The molecular weight excluding hydrogens is 384 g/mol. The zero-order chi connectivity index (χ0) is 20.7. The summed E-state index contributed by atoms with van der Waals surface area (Å²) >= 11 is 1.00. The number of nitrogens with zero attached hydrogens (tertiary/aromatic N) is 1. The highest BCUT2D eigenvalue weighted by Crippen LogP contribution is 2.34. The van der Waals surface area contributed by atoms with Crippen LogP contribution in [0.25, 0.3) is 0 Å². The number of esters is 2. The number of hydrogen-bond donors (Lipinski definition) is 1. The minimum atomic E-state index is -0.592. The van der Waals surface area contributed by atoms with Crippen LogP contribution in [0.4, 0.5) is 5.00 Å². The third kappa shape index (κ3) is 5.43. The third-order valence-corrected chi connectivity index (χ3v) is 4.95. The standard InChI is InChI=1S/C19H24N2O6S/c1-5-25-18(23)15-12(3)16(19(24)26-6-2)28-17(15)20-14(22)11-21(4)10-13-8-7-9-27-13/h7-9H,5-6,10-11H2,1-4H3,(H,20,22). The molecule has 1 amide bonds. The average Bonchev–Trinajstić information content (AvgIpc) is 3.23. The molecular formula is C19H24N2O6S. The highest BCUT2D eigenvalue weighted by atomic mass is 32.1. The van der Waals surface area contributed by atoms with E-state index >= 15 is 0 Å². The number of nitrogens with one attached hydrogen (secondary N) is 1. The number of amides is 1. The van der Waals surface area contributed by atoms with Crippen molar-refractivity contribution in [3.8, 4) is 0 Å². The largest absolute Gasteiger partial charge is 0.468 e. The van der Waals surface area contributed by atoms with E-state index in [-0.39, 0.29) is 41.1 Å². The van der Waals surface area contributed by atoms with Gasteiger partial charge < -0.3 is 19.2 Å². The van der Waals surface area contributed by atoms with Crippen molar-refractivity contribution < 1.29 is 28.3 Å². The molecule has 0 radical (unpaired) electrons. The molecule has 0 bridgehead atoms. The summed E-state index contributed by atoms with van der Waals surface area (Å²) in [5.41, 5.74) is 0.609. The Morgan fingerprint density at radius 2 is 1.86 bits per heavy atom. The average molecular weight is 408 g/mol. The Kier molecular flexibility index (Phi) is 7.77. The number of ether oxygens (including phenoxy) is 2. The van der Waals surface area contributed by atoms with Crippen LogP contribution in [0.2, 0.25) is 0 Å². The molecule has 152 valence electrons. The highest BCUT2D eigenvalue weighted by Gasteiger charge is 2.27. The molecule has 0 aromatic carbocycles. The van der Waals surface area contributed by atoms with Crippen LogP contribution in [0, 0.1) is 6.92 Å². The molecule has 0 aliphatic rings. The van der Waals surface area contributed by atoms with Gasteiger partial charge in [0, 0.05) is 0 Å². The lowest BCUT2D eigenvalue weighted by molar-refractivity contribution is -0.117. The lowest BCUT2D eigenvalue weighted by Crippen LogP contribution is -2.30. The monoisotopic (exact) mass is 408 g/mol. The Labute approximate surface area is 167 Å². The number of anilines is 1. The third-order valence-electron chi connectivity index (χ3n) is 3.76. The van der Waals surface area contributed by atoms with Crippen molar-refractivity contribution >= 4 is 34.2 Å². The van der Waals surface area contributed by atoms with Gasteiger partial charge in [-0.25, -0.2) is 9.59 Å². The topological polar surface area (TPSA) is 98.1 Å². The molecule has 2 rings (SSSR count). The first-order chi connectivity index (χ1) is 13.4. The Balaban J connectivity index is 2.17. The Morgan fingerprint density at radius 3 is 2.46 bits per heavy atom. The van der Waals surface area contributed by atoms with E-state index < -0.39 is 11.9 Å². The predicted octanol–water partition coefficient (Wildman–Crippen LogP) is 3.07. The first kappa shape index (κ1) is 21.6. The van der Waals surface area contributed by atoms with Crippen LogP contribution in [0.1, 0.15) is 45.2 Å². The summed E-state index contributed by atoms with van der Waals surface area (Å²) in [4.78, 5) is 39.0. The van der Waals surface area contributed by atoms with Crippen molar-refractivity contribution in [3.05, 3.63) is 40.2 Å². The quantitative estimate of drug-likeness (QED) is 0.637. The maximum Gasteiger partial charge on any atom is 0.348 e. The predicted molar refractivity (Wildman–Crippen MR) is 105 cm³/mol. The fraction of sp³-hybridized carbons (Fsp3) is 0.421. The van der Waals surface area contributed by atoms with Crippen LogP contribution in [0.15, 0.2) is 22.8 Å². The number of carbonyl (C=O) groups excluding carboxylic acids is 3. The van der Waals surface area contributed by atoms with E-state index in [0.717, 1.165) is 17.1 Å². The van der Waals surface area contributed by atoms with Gasteiger partial charge in [-0.3, -0.25) is 9.69 Å². The molecule has 0 aliphatic heterocycles. The van der Waals surface area contributed by atoms with Crippen LogP contribution < -0.4 is 5.32 Å². The molecule has 28 heavy (non-hydrogen) atoms. The number of furan rings is 1. The Hall–Kier alpha value is -2.65. The maximum atomic E-state index is 12.5. The minimum Gasteiger partial charge on any atom is -0.468 e. The first-order valence-corrected chi connectivity index (χ1v) is 9.67. The lowest BCUT2D eigenvalue weighted by Gasteiger charge is -2.14. The van der Waals surface area contributed by atoms with Crippen molar-refractivity contribution in [2.45, 2.75) is 27.3 Å². The second-order valence-corrected chi connectivity index (χ2v) is 7.02. The summed E-state index contributed by atoms with van der Waals surface area (Å²) in [6.07, 6.45) is 1.57. The zero-order valence-corrected chi connectivity index (χ0v) is 17.2. The number of carbonyl (C=O) groups is 3. The van der Waals surface area contributed by atoms with Gasteiger partial charge in [0.05, 0.1) is 38.1 Å². The van der Waals surface area contributed by atoms with Gasteiger partial charge in [-0.2, -0.15) is 0 Å². The summed E-state index contributed by atoms with van der Waals surface area (Å²) in [5.74, 6) is -0.715. The van der Waals surface area contributed by atoms with Gasteiger partial charge in [0.25, 0.3) is 0 Å². The lowest BCUT2D eigenvalue weighted by atomic mass is 10.1. The van der Waals surface area contributed by atoms with Crippen molar-refractivity contribution in [2.24, 2.45) is 0 Å². The molecule has 0 unspecified atom stereocenters. The van der Waals surface area contributed by atoms with Crippen molar-refractivity contribution in [2.75, 3.05) is 32.1 Å².